The van der Waals surface area contributed by atoms with Gasteiger partial charge in [0, 0.05) is 11.8 Å². The molecule has 0 aromatic carbocycles. The number of hydrogen-bond donors (Lipinski definition) is 0. The maximum absolute atomic E-state index is 12.2. The van der Waals surface area contributed by atoms with Gasteiger partial charge in [0.25, 0.3) is 0 Å². The fraction of sp³-hybridized carbons (Fsp3) is 0.941. The number of ketones is 1. The van der Waals surface area contributed by atoms with Crippen molar-refractivity contribution in [1.82, 2.24) is 0 Å². The van der Waals surface area contributed by atoms with E-state index in [1.165, 1.54) is 57.8 Å². The SMILES string of the molecule is CCCCCCC1CCC(CCCC(C)C)C1=O. The van der Waals surface area contributed by atoms with Crippen molar-refractivity contribution in [2.24, 2.45) is 17.8 Å². The summed E-state index contributed by atoms with van der Waals surface area (Å²) >= 11 is 0. The molecule has 0 saturated heterocycles. The van der Waals surface area contributed by atoms with E-state index in [0.29, 0.717) is 17.6 Å². The first-order valence-corrected chi connectivity index (χ1v) is 8.18. The molecule has 0 bridgehead atoms. The number of rotatable bonds is 9. The van der Waals surface area contributed by atoms with Gasteiger partial charge in [-0.25, -0.2) is 0 Å². The summed E-state index contributed by atoms with van der Waals surface area (Å²) in [4.78, 5) is 12.2. The normalized spacial score (nSPS) is 24.1. The van der Waals surface area contributed by atoms with Crippen LogP contribution in [0.4, 0.5) is 0 Å². The van der Waals surface area contributed by atoms with Crippen LogP contribution in [-0.4, -0.2) is 5.78 Å². The number of hydrogen-bond acceptors (Lipinski definition) is 1. The lowest BCUT2D eigenvalue weighted by Gasteiger charge is -2.11. The van der Waals surface area contributed by atoms with Crippen LogP contribution in [0.3, 0.4) is 0 Å². The Hall–Kier alpha value is -0.330. The van der Waals surface area contributed by atoms with Crippen molar-refractivity contribution in [3.05, 3.63) is 0 Å². The van der Waals surface area contributed by atoms with Gasteiger partial charge in [0.2, 0.25) is 0 Å². The zero-order valence-electron chi connectivity index (χ0n) is 12.7. The Morgan fingerprint density at radius 2 is 1.61 bits per heavy atom. The third-order valence-electron chi connectivity index (χ3n) is 4.41. The number of Topliss-reactive ketones (excluding diaryl/α,β-unsaturated/α-hetero) is 1. The summed E-state index contributed by atoms with van der Waals surface area (Å²) in [7, 11) is 0. The Morgan fingerprint density at radius 1 is 1.00 bits per heavy atom. The molecule has 106 valence electrons. The molecule has 1 fully saturated rings. The average Bonchev–Trinajstić information content (AvgIpc) is 2.67. The van der Waals surface area contributed by atoms with Crippen LogP contribution in [0.25, 0.3) is 0 Å². The predicted octanol–water partition coefficient (Wildman–Crippen LogP) is 5.38. The van der Waals surface area contributed by atoms with E-state index in [4.69, 9.17) is 0 Å². The van der Waals surface area contributed by atoms with Crippen LogP contribution in [0.15, 0.2) is 0 Å². The molecule has 0 radical (unpaired) electrons. The van der Waals surface area contributed by atoms with Crippen LogP contribution >= 0.6 is 0 Å². The van der Waals surface area contributed by atoms with Gasteiger partial charge in [-0.05, 0) is 31.6 Å². The summed E-state index contributed by atoms with van der Waals surface area (Å²) in [5.41, 5.74) is 0. The molecule has 2 unspecified atom stereocenters. The molecule has 1 aliphatic carbocycles. The average molecular weight is 252 g/mol. The first kappa shape index (κ1) is 15.7. The van der Waals surface area contributed by atoms with Gasteiger partial charge in [-0.15, -0.1) is 0 Å². The molecule has 0 aromatic heterocycles. The topological polar surface area (TPSA) is 17.1 Å². The first-order valence-electron chi connectivity index (χ1n) is 8.18. The molecule has 1 nitrogen and oxygen atoms in total. The van der Waals surface area contributed by atoms with Crippen molar-refractivity contribution in [2.75, 3.05) is 0 Å². The van der Waals surface area contributed by atoms with Gasteiger partial charge in [0.05, 0.1) is 0 Å². The summed E-state index contributed by atoms with van der Waals surface area (Å²) in [5.74, 6) is 2.23. The summed E-state index contributed by atoms with van der Waals surface area (Å²) in [5, 5.41) is 0. The molecule has 18 heavy (non-hydrogen) atoms. The zero-order chi connectivity index (χ0) is 13.4. The van der Waals surface area contributed by atoms with E-state index >= 15 is 0 Å². The van der Waals surface area contributed by atoms with Crippen LogP contribution in [0.1, 0.15) is 85.0 Å². The van der Waals surface area contributed by atoms with Crippen LogP contribution < -0.4 is 0 Å². The lowest BCUT2D eigenvalue weighted by atomic mass is 9.93. The smallest absolute Gasteiger partial charge is 0.139 e. The first-order chi connectivity index (χ1) is 8.65. The van der Waals surface area contributed by atoms with Gasteiger partial charge in [-0.1, -0.05) is 59.3 Å². The summed E-state index contributed by atoms with van der Waals surface area (Å²) in [6.07, 6.45) is 12.4. The Bertz CT molecular complexity index is 232. The van der Waals surface area contributed by atoms with Crippen LogP contribution in [0.2, 0.25) is 0 Å². The minimum atomic E-state index is 0.417. The van der Waals surface area contributed by atoms with Gasteiger partial charge in [0.1, 0.15) is 5.78 Å². The molecule has 0 aromatic rings. The fourth-order valence-corrected chi connectivity index (χ4v) is 3.18. The van der Waals surface area contributed by atoms with E-state index in [1.807, 2.05) is 0 Å². The summed E-state index contributed by atoms with van der Waals surface area (Å²) in [6, 6.07) is 0. The molecule has 0 heterocycles. The van der Waals surface area contributed by atoms with Gasteiger partial charge >= 0.3 is 0 Å². The highest BCUT2D eigenvalue weighted by Gasteiger charge is 2.32. The third-order valence-corrected chi connectivity index (χ3v) is 4.41. The Balaban J connectivity index is 2.16. The monoisotopic (exact) mass is 252 g/mol. The van der Waals surface area contributed by atoms with Crippen LogP contribution in [0.5, 0.6) is 0 Å². The second kappa shape index (κ2) is 8.72. The Kier molecular flexibility index (Phi) is 7.62. The van der Waals surface area contributed by atoms with E-state index in [-0.39, 0.29) is 0 Å². The molecule has 0 N–H and O–H groups in total. The molecule has 0 aliphatic heterocycles. The minimum absolute atomic E-state index is 0.417. The summed E-state index contributed by atoms with van der Waals surface area (Å²) < 4.78 is 0. The van der Waals surface area contributed by atoms with Gasteiger partial charge < -0.3 is 0 Å². The van der Waals surface area contributed by atoms with Crippen molar-refractivity contribution < 1.29 is 4.79 Å². The third kappa shape index (κ3) is 5.54. The van der Waals surface area contributed by atoms with Crippen LogP contribution in [0, 0.1) is 17.8 Å². The van der Waals surface area contributed by atoms with Gasteiger partial charge in [-0.2, -0.15) is 0 Å². The molecule has 1 rings (SSSR count). The fourth-order valence-electron chi connectivity index (χ4n) is 3.18. The second-order valence-electron chi connectivity index (χ2n) is 6.55. The summed E-state index contributed by atoms with van der Waals surface area (Å²) in [6.45, 7) is 6.78. The van der Waals surface area contributed by atoms with Crippen LogP contribution in [-0.2, 0) is 4.79 Å². The molecule has 0 amide bonds. The molecule has 2 atom stereocenters. The minimum Gasteiger partial charge on any atom is -0.299 e. The van der Waals surface area contributed by atoms with Gasteiger partial charge in [0.15, 0.2) is 0 Å². The standard InChI is InChI=1S/C17H32O/c1-4-5-6-7-10-15-12-13-16(17(15)18)11-8-9-14(2)3/h14-16H,4-13H2,1-3H3. The molecule has 1 aliphatic rings. The van der Waals surface area contributed by atoms with E-state index in [0.717, 1.165) is 12.3 Å². The second-order valence-corrected chi connectivity index (χ2v) is 6.55. The van der Waals surface area contributed by atoms with E-state index in [1.54, 1.807) is 0 Å². The van der Waals surface area contributed by atoms with Crippen molar-refractivity contribution in [3.63, 3.8) is 0 Å². The number of carbonyl (C=O) groups is 1. The number of carbonyl (C=O) groups excluding carboxylic acids is 1. The molecular weight excluding hydrogens is 220 g/mol. The van der Waals surface area contributed by atoms with Crippen molar-refractivity contribution >= 4 is 5.78 Å². The maximum Gasteiger partial charge on any atom is 0.139 e. The number of unbranched alkanes of at least 4 members (excludes halogenated alkanes) is 3. The predicted molar refractivity (Wildman–Crippen MR) is 78.7 cm³/mol. The lowest BCUT2D eigenvalue weighted by Crippen LogP contribution is -2.14. The molecule has 1 saturated carbocycles. The quantitative estimate of drug-likeness (QED) is 0.504. The van der Waals surface area contributed by atoms with Crippen molar-refractivity contribution in [2.45, 2.75) is 85.0 Å². The Labute approximate surface area is 114 Å². The van der Waals surface area contributed by atoms with Crippen molar-refractivity contribution in [1.29, 1.82) is 0 Å². The van der Waals surface area contributed by atoms with E-state index < -0.39 is 0 Å². The zero-order valence-corrected chi connectivity index (χ0v) is 12.7. The highest BCUT2D eigenvalue weighted by molar-refractivity contribution is 5.85. The molecular formula is C17H32O. The highest BCUT2D eigenvalue weighted by Crippen LogP contribution is 2.34. The molecule has 0 spiro atoms. The van der Waals surface area contributed by atoms with E-state index in [9.17, 15) is 4.79 Å². The highest BCUT2D eigenvalue weighted by atomic mass is 16.1. The maximum atomic E-state index is 12.2. The lowest BCUT2D eigenvalue weighted by molar-refractivity contribution is -0.124. The van der Waals surface area contributed by atoms with Gasteiger partial charge in [-0.3, -0.25) is 4.79 Å². The Morgan fingerprint density at radius 3 is 2.17 bits per heavy atom. The van der Waals surface area contributed by atoms with Crippen molar-refractivity contribution in [3.8, 4) is 0 Å². The molecule has 1 heteroatoms. The van der Waals surface area contributed by atoms with E-state index in [2.05, 4.69) is 20.8 Å². The largest absolute Gasteiger partial charge is 0.299 e.